The van der Waals surface area contributed by atoms with Crippen molar-refractivity contribution >= 4 is 45.9 Å². The van der Waals surface area contributed by atoms with Gasteiger partial charge in [0.1, 0.15) is 0 Å². The molecule has 3 aromatic rings. The molecule has 7 nitrogen and oxygen atoms in total. The summed E-state index contributed by atoms with van der Waals surface area (Å²) >= 11 is 12.0. The van der Waals surface area contributed by atoms with Gasteiger partial charge in [0.2, 0.25) is 11.3 Å². The minimum atomic E-state index is -0.152. The molecular weight excluding hydrogens is 439 g/mol. The third-order valence-electron chi connectivity index (χ3n) is 5.33. The van der Waals surface area contributed by atoms with E-state index in [1.165, 1.54) is 6.20 Å². The number of piperazine rings is 1. The molecule has 0 saturated carbocycles. The minimum Gasteiger partial charge on any atom is -0.339 e. The number of hydrogen-bond acceptors (Lipinski definition) is 4. The predicted molar refractivity (Wildman–Crippen MR) is 120 cm³/mol. The summed E-state index contributed by atoms with van der Waals surface area (Å²) in [5, 5.41) is 5.57. The van der Waals surface area contributed by atoms with Crippen molar-refractivity contribution < 1.29 is 9.59 Å². The Balaban J connectivity index is 1.35. The Kier molecular flexibility index (Phi) is 6.25. The first-order valence-corrected chi connectivity index (χ1v) is 10.7. The van der Waals surface area contributed by atoms with Gasteiger partial charge in [-0.25, -0.2) is 0 Å². The fourth-order valence-corrected chi connectivity index (χ4v) is 4.24. The molecule has 9 heteroatoms. The first-order valence-electron chi connectivity index (χ1n) is 9.90. The van der Waals surface area contributed by atoms with Crippen molar-refractivity contribution in [3.63, 3.8) is 0 Å². The highest BCUT2D eigenvalue weighted by Gasteiger charge is 2.25. The van der Waals surface area contributed by atoms with Gasteiger partial charge in [-0.15, -0.1) is 0 Å². The van der Waals surface area contributed by atoms with E-state index in [1.807, 2.05) is 12.1 Å². The van der Waals surface area contributed by atoms with Gasteiger partial charge in [-0.05, 0) is 30.3 Å². The number of nitrogens with zero attached hydrogens (tertiary/aromatic N) is 4. The average Bonchev–Trinajstić information content (AvgIpc) is 2.77. The van der Waals surface area contributed by atoms with Crippen LogP contribution < -0.4 is 5.43 Å². The van der Waals surface area contributed by atoms with Crippen molar-refractivity contribution in [3.05, 3.63) is 74.5 Å². The number of carbonyl (C=O) groups excluding carboxylic acids is 2. The van der Waals surface area contributed by atoms with Crippen LogP contribution >= 0.6 is 23.2 Å². The molecule has 0 spiro atoms. The third kappa shape index (κ3) is 4.73. The minimum absolute atomic E-state index is 0.0116. The summed E-state index contributed by atoms with van der Waals surface area (Å²) in [4.78, 5) is 40.8. The van der Waals surface area contributed by atoms with Crippen molar-refractivity contribution in [2.24, 2.45) is 0 Å². The molecule has 0 atom stereocenters. The van der Waals surface area contributed by atoms with Crippen LogP contribution in [0.15, 0.2) is 53.5 Å². The molecule has 1 saturated heterocycles. The van der Waals surface area contributed by atoms with E-state index in [1.54, 1.807) is 44.8 Å². The quantitative estimate of drug-likeness (QED) is 0.601. The van der Waals surface area contributed by atoms with E-state index in [0.29, 0.717) is 59.2 Å². The van der Waals surface area contributed by atoms with Gasteiger partial charge in [0.25, 0.3) is 5.91 Å². The topological polar surface area (TPSA) is 75.5 Å². The molecule has 31 heavy (non-hydrogen) atoms. The Hall–Kier alpha value is -2.90. The summed E-state index contributed by atoms with van der Waals surface area (Å²) in [7, 11) is 0. The summed E-state index contributed by atoms with van der Waals surface area (Å²) in [6, 6.07) is 12.0. The van der Waals surface area contributed by atoms with Crippen LogP contribution in [0.3, 0.4) is 0 Å². The lowest BCUT2D eigenvalue weighted by Crippen LogP contribution is -2.50. The lowest BCUT2D eigenvalue weighted by molar-refractivity contribution is -0.132. The van der Waals surface area contributed by atoms with Gasteiger partial charge in [-0.3, -0.25) is 19.1 Å². The average molecular weight is 459 g/mol. The zero-order chi connectivity index (χ0) is 22.0. The van der Waals surface area contributed by atoms with Crippen LogP contribution in [-0.4, -0.2) is 57.6 Å². The second kappa shape index (κ2) is 9.08. The maximum absolute atomic E-state index is 12.7. The fraction of sp³-hybridized carbons (Fsp3) is 0.273. The first kappa shape index (κ1) is 21.3. The molecule has 1 aliphatic rings. The maximum atomic E-state index is 12.7. The molecule has 4 rings (SSSR count). The van der Waals surface area contributed by atoms with Gasteiger partial charge in [0, 0.05) is 53.6 Å². The highest BCUT2D eigenvalue weighted by molar-refractivity contribution is 6.35. The lowest BCUT2D eigenvalue weighted by atomic mass is 10.1. The van der Waals surface area contributed by atoms with Crippen LogP contribution in [0, 0.1) is 0 Å². The fourth-order valence-electron chi connectivity index (χ4n) is 3.72. The van der Waals surface area contributed by atoms with Crippen LogP contribution in [0.25, 0.3) is 10.9 Å². The van der Waals surface area contributed by atoms with Gasteiger partial charge in [0.05, 0.1) is 18.3 Å². The van der Waals surface area contributed by atoms with Gasteiger partial charge in [-0.2, -0.15) is 5.10 Å². The molecule has 2 heterocycles. The highest BCUT2D eigenvalue weighted by Crippen LogP contribution is 2.21. The first-order chi connectivity index (χ1) is 14.9. The summed E-state index contributed by atoms with van der Waals surface area (Å²) in [6.45, 7) is 2.16. The molecule has 0 N–H and O–H groups in total. The molecule has 0 aliphatic carbocycles. The van der Waals surface area contributed by atoms with Gasteiger partial charge in [0.15, 0.2) is 0 Å². The van der Waals surface area contributed by atoms with E-state index in [2.05, 4.69) is 5.10 Å². The molecule has 0 bridgehead atoms. The normalized spacial score (nSPS) is 14.1. The molecule has 2 aromatic carbocycles. The summed E-state index contributed by atoms with van der Waals surface area (Å²) < 4.78 is 1.68. The summed E-state index contributed by atoms with van der Waals surface area (Å²) in [5.74, 6) is -0.164. The van der Waals surface area contributed by atoms with Gasteiger partial charge >= 0.3 is 0 Å². The summed E-state index contributed by atoms with van der Waals surface area (Å²) in [5.41, 5.74) is 1.01. The number of amides is 2. The van der Waals surface area contributed by atoms with Crippen LogP contribution in [0.2, 0.25) is 10.0 Å². The number of fused-ring (bicyclic) bond motifs is 1. The van der Waals surface area contributed by atoms with Crippen LogP contribution in [0.1, 0.15) is 16.8 Å². The Morgan fingerprint density at radius 1 is 0.935 bits per heavy atom. The van der Waals surface area contributed by atoms with Crippen LogP contribution in [-0.2, 0) is 11.3 Å². The number of hydrogen-bond donors (Lipinski definition) is 0. The Labute approximate surface area is 188 Å². The molecule has 1 fully saturated rings. The number of halogens is 2. The Bertz CT molecular complexity index is 1180. The van der Waals surface area contributed by atoms with E-state index in [9.17, 15) is 14.4 Å². The SMILES string of the molecule is O=C(CCn1ncc(=O)c2ccccc21)N1CCN(C(=O)c2cc(Cl)cc(Cl)c2)CC1. The molecule has 0 unspecified atom stereocenters. The number of carbonyl (C=O) groups is 2. The van der Waals surface area contributed by atoms with Crippen molar-refractivity contribution in [1.82, 2.24) is 19.6 Å². The maximum Gasteiger partial charge on any atom is 0.254 e. The van der Waals surface area contributed by atoms with Crippen LogP contribution in [0.5, 0.6) is 0 Å². The van der Waals surface area contributed by atoms with E-state index >= 15 is 0 Å². The van der Waals surface area contributed by atoms with E-state index < -0.39 is 0 Å². The second-order valence-electron chi connectivity index (χ2n) is 7.33. The van der Waals surface area contributed by atoms with Gasteiger partial charge < -0.3 is 9.80 Å². The standard InChI is InChI=1S/C22H20Cl2N4O3/c23-16-11-15(12-17(24)13-16)22(31)27-9-7-26(8-10-27)21(30)5-6-28-19-4-2-1-3-18(19)20(29)14-25-28/h1-4,11-14H,5-10H2. The number of aromatic nitrogens is 2. The van der Waals surface area contributed by atoms with E-state index in [-0.39, 0.29) is 23.7 Å². The van der Waals surface area contributed by atoms with Crippen molar-refractivity contribution in [2.75, 3.05) is 26.2 Å². The van der Waals surface area contributed by atoms with E-state index in [4.69, 9.17) is 23.2 Å². The second-order valence-corrected chi connectivity index (χ2v) is 8.20. The largest absolute Gasteiger partial charge is 0.339 e. The summed E-state index contributed by atoms with van der Waals surface area (Å²) in [6.07, 6.45) is 1.54. The molecule has 1 aromatic heterocycles. The molecule has 0 radical (unpaired) electrons. The Morgan fingerprint density at radius 3 is 2.29 bits per heavy atom. The number of benzene rings is 2. The molecule has 160 valence electrons. The zero-order valence-corrected chi connectivity index (χ0v) is 18.1. The molecule has 1 aliphatic heterocycles. The Morgan fingerprint density at radius 2 is 1.58 bits per heavy atom. The molecule has 2 amide bonds. The predicted octanol–water partition coefficient (Wildman–Crippen LogP) is 3.08. The number of rotatable bonds is 4. The van der Waals surface area contributed by atoms with Crippen molar-refractivity contribution in [2.45, 2.75) is 13.0 Å². The third-order valence-corrected chi connectivity index (χ3v) is 5.76. The molecular formula is C22H20Cl2N4O3. The smallest absolute Gasteiger partial charge is 0.254 e. The monoisotopic (exact) mass is 458 g/mol. The van der Waals surface area contributed by atoms with Crippen LogP contribution in [0.4, 0.5) is 0 Å². The highest BCUT2D eigenvalue weighted by atomic mass is 35.5. The van der Waals surface area contributed by atoms with E-state index in [0.717, 1.165) is 0 Å². The van der Waals surface area contributed by atoms with Crippen molar-refractivity contribution in [1.29, 1.82) is 0 Å². The van der Waals surface area contributed by atoms with Crippen molar-refractivity contribution in [3.8, 4) is 0 Å². The zero-order valence-electron chi connectivity index (χ0n) is 16.6. The van der Waals surface area contributed by atoms with Gasteiger partial charge in [-0.1, -0.05) is 35.3 Å². The number of aryl methyl sites for hydroxylation is 1. The lowest BCUT2D eigenvalue weighted by Gasteiger charge is -2.35. The number of para-hydroxylation sites is 1.